The fraction of sp³-hybridized carbons (Fsp3) is 0.182. The molecule has 1 heterocycles. The number of hydrogen-bond acceptors (Lipinski definition) is 4. The second-order valence-electron chi connectivity index (χ2n) is 3.53. The lowest BCUT2D eigenvalue weighted by Crippen LogP contribution is -1.97. The Morgan fingerprint density at radius 3 is 2.69 bits per heavy atom. The minimum absolute atomic E-state index is 0.133. The molecule has 0 saturated heterocycles. The summed E-state index contributed by atoms with van der Waals surface area (Å²) in [6, 6.07) is 6.08. The van der Waals surface area contributed by atoms with Gasteiger partial charge in [-0.05, 0) is 48.7 Å². The largest absolute Gasteiger partial charge is 0.339 e. The molecule has 82 valence electrons. The Bertz CT molecular complexity index is 513. The average Bonchev–Trinajstić information content (AvgIpc) is 2.24. The Morgan fingerprint density at radius 1 is 1.19 bits per heavy atom. The van der Waals surface area contributed by atoms with Gasteiger partial charge in [-0.25, -0.2) is 0 Å². The molecule has 0 radical (unpaired) electrons. The predicted molar refractivity (Wildman–Crippen MR) is 64.0 cm³/mol. The molecule has 0 fully saturated rings. The quantitative estimate of drug-likeness (QED) is 0.868. The van der Waals surface area contributed by atoms with Crippen molar-refractivity contribution in [2.45, 2.75) is 13.8 Å². The van der Waals surface area contributed by atoms with Crippen molar-refractivity contribution in [2.75, 3.05) is 5.32 Å². The van der Waals surface area contributed by atoms with E-state index in [0.717, 1.165) is 5.69 Å². The van der Waals surface area contributed by atoms with Gasteiger partial charge in [0.2, 0.25) is 5.28 Å². The molecule has 0 spiro atoms. The van der Waals surface area contributed by atoms with Gasteiger partial charge in [-0.1, -0.05) is 6.07 Å². The molecular formula is C11H11ClN4. The molecule has 16 heavy (non-hydrogen) atoms. The van der Waals surface area contributed by atoms with Crippen molar-refractivity contribution in [1.82, 2.24) is 15.2 Å². The maximum absolute atomic E-state index is 5.64. The van der Waals surface area contributed by atoms with Crippen LogP contribution in [0.4, 0.5) is 11.5 Å². The van der Waals surface area contributed by atoms with Gasteiger partial charge in [-0.2, -0.15) is 10.1 Å². The second-order valence-corrected chi connectivity index (χ2v) is 3.87. The molecule has 0 amide bonds. The zero-order valence-corrected chi connectivity index (χ0v) is 9.78. The summed E-state index contributed by atoms with van der Waals surface area (Å²) < 4.78 is 0. The smallest absolute Gasteiger partial charge is 0.244 e. The van der Waals surface area contributed by atoms with E-state index in [1.807, 2.05) is 18.2 Å². The molecule has 0 aliphatic rings. The topological polar surface area (TPSA) is 50.7 Å². The van der Waals surface area contributed by atoms with Crippen molar-refractivity contribution < 1.29 is 0 Å². The first-order valence-corrected chi connectivity index (χ1v) is 5.22. The third-order valence-electron chi connectivity index (χ3n) is 2.31. The van der Waals surface area contributed by atoms with E-state index in [1.54, 1.807) is 0 Å². The first-order chi connectivity index (χ1) is 7.65. The van der Waals surface area contributed by atoms with Gasteiger partial charge >= 0.3 is 0 Å². The van der Waals surface area contributed by atoms with E-state index in [4.69, 9.17) is 11.6 Å². The minimum Gasteiger partial charge on any atom is -0.339 e. The summed E-state index contributed by atoms with van der Waals surface area (Å²) in [4.78, 5) is 4.00. The van der Waals surface area contributed by atoms with Gasteiger partial charge in [0.25, 0.3) is 0 Å². The molecule has 1 N–H and O–H groups in total. The maximum atomic E-state index is 5.64. The number of benzene rings is 1. The molecule has 0 aliphatic heterocycles. The lowest BCUT2D eigenvalue weighted by Gasteiger charge is -2.07. The molecular weight excluding hydrogens is 224 g/mol. The van der Waals surface area contributed by atoms with Gasteiger partial charge in [0.1, 0.15) is 0 Å². The fourth-order valence-corrected chi connectivity index (χ4v) is 1.44. The van der Waals surface area contributed by atoms with Crippen molar-refractivity contribution in [1.29, 1.82) is 0 Å². The summed E-state index contributed by atoms with van der Waals surface area (Å²) in [6.07, 6.45) is 1.53. The van der Waals surface area contributed by atoms with Gasteiger partial charge in [-0.15, -0.1) is 5.10 Å². The van der Waals surface area contributed by atoms with Gasteiger partial charge in [0.05, 0.1) is 6.20 Å². The SMILES string of the molecule is Cc1ccc(Nc2cnnc(Cl)n2)cc1C. The van der Waals surface area contributed by atoms with Crippen molar-refractivity contribution in [3.63, 3.8) is 0 Å². The molecule has 0 atom stereocenters. The highest BCUT2D eigenvalue weighted by Crippen LogP contribution is 2.18. The summed E-state index contributed by atoms with van der Waals surface area (Å²) in [6.45, 7) is 4.13. The zero-order chi connectivity index (χ0) is 11.5. The monoisotopic (exact) mass is 234 g/mol. The highest BCUT2D eigenvalue weighted by Gasteiger charge is 2.00. The second kappa shape index (κ2) is 4.45. The lowest BCUT2D eigenvalue weighted by atomic mass is 10.1. The van der Waals surface area contributed by atoms with Crippen LogP contribution >= 0.6 is 11.6 Å². The number of halogens is 1. The van der Waals surface area contributed by atoms with Crippen molar-refractivity contribution in [3.05, 3.63) is 40.8 Å². The molecule has 0 unspecified atom stereocenters. The van der Waals surface area contributed by atoms with E-state index in [9.17, 15) is 0 Å². The van der Waals surface area contributed by atoms with Crippen LogP contribution in [-0.2, 0) is 0 Å². The third kappa shape index (κ3) is 2.46. The molecule has 0 aliphatic carbocycles. The Morgan fingerprint density at radius 2 is 2.00 bits per heavy atom. The number of aromatic nitrogens is 3. The number of nitrogens with zero attached hydrogens (tertiary/aromatic N) is 3. The van der Waals surface area contributed by atoms with Crippen LogP contribution < -0.4 is 5.32 Å². The fourth-order valence-electron chi connectivity index (χ4n) is 1.31. The minimum atomic E-state index is 0.133. The summed E-state index contributed by atoms with van der Waals surface area (Å²) in [7, 11) is 0. The van der Waals surface area contributed by atoms with Gasteiger partial charge in [0.15, 0.2) is 5.82 Å². The van der Waals surface area contributed by atoms with E-state index in [-0.39, 0.29) is 5.28 Å². The number of aryl methyl sites for hydroxylation is 2. The van der Waals surface area contributed by atoms with Crippen LogP contribution in [0.15, 0.2) is 24.4 Å². The zero-order valence-electron chi connectivity index (χ0n) is 9.03. The van der Waals surface area contributed by atoms with Crippen LogP contribution in [0, 0.1) is 13.8 Å². The maximum Gasteiger partial charge on any atom is 0.244 e. The standard InChI is InChI=1S/C11H11ClN4/c1-7-3-4-9(5-8(7)2)14-10-6-13-16-11(12)15-10/h3-6H,1-2H3,(H,14,15,16). The Kier molecular flexibility index (Phi) is 3.01. The summed E-state index contributed by atoms with van der Waals surface area (Å²) in [5.74, 6) is 0.586. The number of nitrogens with one attached hydrogen (secondary N) is 1. The van der Waals surface area contributed by atoms with Gasteiger partial charge in [0, 0.05) is 5.69 Å². The Balaban J connectivity index is 2.24. The van der Waals surface area contributed by atoms with E-state index in [0.29, 0.717) is 5.82 Å². The molecule has 0 bridgehead atoms. The highest BCUT2D eigenvalue weighted by molar-refractivity contribution is 6.28. The third-order valence-corrected chi connectivity index (χ3v) is 2.47. The number of anilines is 2. The van der Waals surface area contributed by atoms with Crippen LogP contribution in [0.5, 0.6) is 0 Å². The first kappa shape index (κ1) is 10.8. The number of rotatable bonds is 2. The van der Waals surface area contributed by atoms with E-state index < -0.39 is 0 Å². The van der Waals surface area contributed by atoms with Gasteiger partial charge < -0.3 is 5.32 Å². The summed E-state index contributed by atoms with van der Waals surface area (Å²) in [5.41, 5.74) is 3.43. The molecule has 2 rings (SSSR count). The molecule has 2 aromatic rings. The Labute approximate surface area is 98.7 Å². The van der Waals surface area contributed by atoms with Crippen LogP contribution in [0.3, 0.4) is 0 Å². The lowest BCUT2D eigenvalue weighted by molar-refractivity contribution is 0.974. The normalized spacial score (nSPS) is 10.2. The van der Waals surface area contributed by atoms with E-state index in [1.165, 1.54) is 17.3 Å². The average molecular weight is 235 g/mol. The molecule has 4 nitrogen and oxygen atoms in total. The summed E-state index contributed by atoms with van der Waals surface area (Å²) >= 11 is 5.64. The predicted octanol–water partition coefficient (Wildman–Crippen LogP) is 2.89. The molecule has 1 aromatic carbocycles. The van der Waals surface area contributed by atoms with E-state index in [2.05, 4.69) is 34.3 Å². The van der Waals surface area contributed by atoms with Crippen molar-refractivity contribution in [2.24, 2.45) is 0 Å². The Hall–Kier alpha value is -1.68. The van der Waals surface area contributed by atoms with Crippen molar-refractivity contribution in [3.8, 4) is 0 Å². The highest BCUT2D eigenvalue weighted by atomic mass is 35.5. The molecule has 5 heteroatoms. The van der Waals surface area contributed by atoms with Crippen LogP contribution in [0.1, 0.15) is 11.1 Å². The van der Waals surface area contributed by atoms with Crippen molar-refractivity contribution >= 4 is 23.1 Å². The molecule has 0 saturated carbocycles. The van der Waals surface area contributed by atoms with Gasteiger partial charge in [-0.3, -0.25) is 0 Å². The van der Waals surface area contributed by atoms with Crippen LogP contribution in [0.2, 0.25) is 5.28 Å². The number of hydrogen-bond donors (Lipinski definition) is 1. The summed E-state index contributed by atoms with van der Waals surface area (Å²) in [5, 5.41) is 10.5. The molecule has 1 aromatic heterocycles. The first-order valence-electron chi connectivity index (χ1n) is 4.84. The van der Waals surface area contributed by atoms with E-state index >= 15 is 0 Å². The van der Waals surface area contributed by atoms with Crippen LogP contribution in [0.25, 0.3) is 0 Å². The van der Waals surface area contributed by atoms with Crippen LogP contribution in [-0.4, -0.2) is 15.2 Å².